The molecule has 1 aromatic heterocycles. The maximum atomic E-state index is 9.72. The van der Waals surface area contributed by atoms with E-state index in [1.165, 1.54) is 0 Å². The van der Waals surface area contributed by atoms with Crippen LogP contribution in [0, 0.1) is 0 Å². The van der Waals surface area contributed by atoms with Gasteiger partial charge in [0.15, 0.2) is 8.68 Å². The highest BCUT2D eigenvalue weighted by atomic mass is 32.2. The molecule has 2 aromatic rings. The minimum absolute atomic E-state index is 0.367. The molecular formula is C12H14N2OS3. The summed E-state index contributed by atoms with van der Waals surface area (Å²) in [6, 6.07) is 7.96. The molecule has 0 aliphatic heterocycles. The van der Waals surface area contributed by atoms with Crippen LogP contribution < -0.4 is 0 Å². The fourth-order valence-electron chi connectivity index (χ4n) is 1.42. The summed E-state index contributed by atoms with van der Waals surface area (Å²) in [4.78, 5) is 1.12. The van der Waals surface area contributed by atoms with Gasteiger partial charge in [0.25, 0.3) is 0 Å². The van der Waals surface area contributed by atoms with Crippen molar-refractivity contribution in [2.45, 2.75) is 33.0 Å². The number of thioether (sulfide) groups is 1. The van der Waals surface area contributed by atoms with E-state index >= 15 is 0 Å². The molecule has 1 aromatic carbocycles. The van der Waals surface area contributed by atoms with Gasteiger partial charge in [-0.15, -0.1) is 10.2 Å². The second kappa shape index (κ2) is 6.56. The highest BCUT2D eigenvalue weighted by molar-refractivity contribution is 8.03. The van der Waals surface area contributed by atoms with E-state index in [4.69, 9.17) is 0 Å². The van der Waals surface area contributed by atoms with E-state index in [1.54, 1.807) is 34.9 Å². The van der Waals surface area contributed by atoms with Gasteiger partial charge in [-0.25, -0.2) is 0 Å². The number of hydrogen-bond donors (Lipinski definition) is 1. The highest BCUT2D eigenvalue weighted by Crippen LogP contribution is 2.33. The summed E-state index contributed by atoms with van der Waals surface area (Å²) in [5.41, 5.74) is 0.962. The SMILES string of the molecule is CC[C@@H](O)c1ccc(Sc2nnc(SC)s2)cc1. The zero-order valence-electron chi connectivity index (χ0n) is 10.2. The van der Waals surface area contributed by atoms with E-state index in [0.29, 0.717) is 0 Å². The Morgan fingerprint density at radius 3 is 2.44 bits per heavy atom. The molecule has 0 bridgehead atoms. The van der Waals surface area contributed by atoms with Crippen LogP contribution in [0.4, 0.5) is 0 Å². The van der Waals surface area contributed by atoms with Gasteiger partial charge in [0.2, 0.25) is 0 Å². The summed E-state index contributed by atoms with van der Waals surface area (Å²) in [5, 5.41) is 17.9. The van der Waals surface area contributed by atoms with Gasteiger partial charge in [-0.3, -0.25) is 0 Å². The Bertz CT molecular complexity index is 498. The standard InChI is InChI=1S/C12H14N2OS3/c1-3-10(15)8-4-6-9(7-5-8)17-12-14-13-11(16-2)18-12/h4-7,10,15H,3H2,1-2H3/t10-/m1/s1. The van der Waals surface area contributed by atoms with Gasteiger partial charge < -0.3 is 5.11 Å². The van der Waals surface area contributed by atoms with Crippen molar-refractivity contribution in [3.8, 4) is 0 Å². The molecule has 0 radical (unpaired) electrons. The van der Waals surface area contributed by atoms with Crippen molar-refractivity contribution in [1.82, 2.24) is 10.2 Å². The Kier molecular flexibility index (Phi) is 5.05. The molecule has 18 heavy (non-hydrogen) atoms. The lowest BCUT2D eigenvalue weighted by Crippen LogP contribution is -1.93. The van der Waals surface area contributed by atoms with Crippen LogP contribution >= 0.6 is 34.9 Å². The maximum absolute atomic E-state index is 9.72. The first-order valence-corrected chi connectivity index (χ1v) is 8.42. The molecule has 1 N–H and O–H groups in total. The van der Waals surface area contributed by atoms with Crippen molar-refractivity contribution in [1.29, 1.82) is 0 Å². The largest absolute Gasteiger partial charge is 0.388 e. The van der Waals surface area contributed by atoms with Crippen molar-refractivity contribution in [3.05, 3.63) is 29.8 Å². The second-order valence-corrected chi connectivity index (χ2v) is 6.98. The average Bonchev–Trinajstić information content (AvgIpc) is 2.86. The number of rotatable bonds is 5. The van der Waals surface area contributed by atoms with Crippen LogP contribution in [0.3, 0.4) is 0 Å². The third kappa shape index (κ3) is 3.47. The molecule has 1 atom stereocenters. The van der Waals surface area contributed by atoms with Crippen LogP contribution in [0.15, 0.2) is 37.8 Å². The van der Waals surface area contributed by atoms with Crippen LogP contribution in [0.2, 0.25) is 0 Å². The zero-order chi connectivity index (χ0) is 13.0. The lowest BCUT2D eigenvalue weighted by atomic mass is 10.1. The van der Waals surface area contributed by atoms with Crippen molar-refractivity contribution < 1.29 is 5.11 Å². The number of nitrogens with zero attached hydrogens (tertiary/aromatic N) is 2. The first kappa shape index (κ1) is 13.9. The summed E-state index contributed by atoms with van der Waals surface area (Å²) in [5.74, 6) is 0. The van der Waals surface area contributed by atoms with Gasteiger partial charge >= 0.3 is 0 Å². The molecule has 0 amide bonds. The number of aliphatic hydroxyl groups excluding tert-OH is 1. The first-order chi connectivity index (χ1) is 8.72. The highest BCUT2D eigenvalue weighted by Gasteiger charge is 2.07. The van der Waals surface area contributed by atoms with Crippen molar-refractivity contribution in [2.75, 3.05) is 6.26 Å². The molecule has 2 rings (SSSR count). The van der Waals surface area contributed by atoms with Crippen molar-refractivity contribution >= 4 is 34.9 Å². The maximum Gasteiger partial charge on any atom is 0.179 e. The third-order valence-corrected chi connectivity index (χ3v) is 5.38. The van der Waals surface area contributed by atoms with Crippen LogP contribution in [0.5, 0.6) is 0 Å². The Morgan fingerprint density at radius 2 is 1.89 bits per heavy atom. The van der Waals surface area contributed by atoms with E-state index in [0.717, 1.165) is 25.6 Å². The number of aliphatic hydroxyl groups is 1. The molecule has 0 saturated carbocycles. The van der Waals surface area contributed by atoms with Crippen LogP contribution in [-0.4, -0.2) is 21.6 Å². The van der Waals surface area contributed by atoms with Crippen molar-refractivity contribution in [2.24, 2.45) is 0 Å². The van der Waals surface area contributed by atoms with Crippen LogP contribution in [-0.2, 0) is 0 Å². The fraction of sp³-hybridized carbons (Fsp3) is 0.333. The molecule has 3 nitrogen and oxygen atoms in total. The second-order valence-electron chi connectivity index (χ2n) is 3.63. The molecular weight excluding hydrogens is 284 g/mol. The van der Waals surface area contributed by atoms with Gasteiger partial charge in [-0.1, -0.05) is 53.9 Å². The van der Waals surface area contributed by atoms with E-state index in [9.17, 15) is 5.11 Å². The third-order valence-electron chi connectivity index (χ3n) is 2.42. The minimum atomic E-state index is -0.367. The topological polar surface area (TPSA) is 46.0 Å². The summed E-state index contributed by atoms with van der Waals surface area (Å²) in [6.45, 7) is 1.97. The summed E-state index contributed by atoms with van der Waals surface area (Å²) < 4.78 is 1.93. The number of hydrogen-bond acceptors (Lipinski definition) is 6. The van der Waals surface area contributed by atoms with Gasteiger partial charge in [0, 0.05) is 4.90 Å². The Labute approximate surface area is 119 Å². The number of aromatic nitrogens is 2. The van der Waals surface area contributed by atoms with Crippen molar-refractivity contribution in [3.63, 3.8) is 0 Å². The molecule has 1 heterocycles. The van der Waals surface area contributed by atoms with Gasteiger partial charge in [-0.05, 0) is 30.4 Å². The van der Waals surface area contributed by atoms with Gasteiger partial charge in [-0.2, -0.15) is 0 Å². The van der Waals surface area contributed by atoms with E-state index in [2.05, 4.69) is 10.2 Å². The van der Waals surface area contributed by atoms with Crippen LogP contribution in [0.25, 0.3) is 0 Å². The molecule has 96 valence electrons. The summed E-state index contributed by atoms with van der Waals surface area (Å²) in [6.07, 6.45) is 2.37. The lowest BCUT2D eigenvalue weighted by Gasteiger charge is -2.07. The summed E-state index contributed by atoms with van der Waals surface area (Å²) in [7, 11) is 0. The van der Waals surface area contributed by atoms with E-state index < -0.39 is 0 Å². The average molecular weight is 298 g/mol. The van der Waals surface area contributed by atoms with E-state index in [1.807, 2.05) is 37.4 Å². The Hall–Kier alpha value is -0.560. The smallest absolute Gasteiger partial charge is 0.179 e. The first-order valence-electron chi connectivity index (χ1n) is 5.56. The molecule has 0 fully saturated rings. The van der Waals surface area contributed by atoms with Crippen LogP contribution in [0.1, 0.15) is 25.0 Å². The monoisotopic (exact) mass is 298 g/mol. The number of benzene rings is 1. The molecule has 0 spiro atoms. The molecule has 0 aliphatic carbocycles. The molecule has 6 heteroatoms. The molecule has 0 aliphatic rings. The Balaban J connectivity index is 2.06. The predicted octanol–water partition coefficient (Wildman–Crippen LogP) is 3.85. The fourth-order valence-corrected chi connectivity index (χ4v) is 3.83. The summed E-state index contributed by atoms with van der Waals surface area (Å²) >= 11 is 4.81. The van der Waals surface area contributed by atoms with E-state index in [-0.39, 0.29) is 6.10 Å². The normalized spacial score (nSPS) is 12.6. The quantitative estimate of drug-likeness (QED) is 0.849. The van der Waals surface area contributed by atoms with Gasteiger partial charge in [0.1, 0.15) is 0 Å². The molecule has 0 unspecified atom stereocenters. The van der Waals surface area contributed by atoms with Gasteiger partial charge in [0.05, 0.1) is 6.10 Å². The lowest BCUT2D eigenvalue weighted by molar-refractivity contribution is 0.173. The predicted molar refractivity (Wildman–Crippen MR) is 77.5 cm³/mol. The Morgan fingerprint density at radius 1 is 1.22 bits per heavy atom. The molecule has 0 saturated heterocycles. The zero-order valence-corrected chi connectivity index (χ0v) is 12.6. The minimum Gasteiger partial charge on any atom is -0.388 e.